The second-order valence-electron chi connectivity index (χ2n) is 5.41. The fourth-order valence-electron chi connectivity index (χ4n) is 2.50. The molecule has 1 saturated heterocycles. The topological polar surface area (TPSA) is 56.2 Å². The lowest BCUT2D eigenvalue weighted by Crippen LogP contribution is -2.28. The number of nitrogens with zero attached hydrogens (tertiary/aromatic N) is 2. The number of hydrogen-bond acceptors (Lipinski definition) is 3. The number of carbonyl (C=O) groups excluding carboxylic acids is 1. The minimum absolute atomic E-state index is 0.0453. The molecule has 0 bridgehead atoms. The van der Waals surface area contributed by atoms with Crippen LogP contribution in [0.1, 0.15) is 18.4 Å². The van der Waals surface area contributed by atoms with Gasteiger partial charge in [-0.3, -0.25) is 4.79 Å². The van der Waals surface area contributed by atoms with Gasteiger partial charge in [0.15, 0.2) is 0 Å². The summed E-state index contributed by atoms with van der Waals surface area (Å²) < 4.78 is 45.0. The third kappa shape index (κ3) is 3.75. The Bertz CT molecular complexity index is 779. The number of aromatic nitrogens is 2. The zero-order chi connectivity index (χ0) is 18.2. The maximum absolute atomic E-state index is 12.8. The molecule has 25 heavy (non-hydrogen) atoms. The van der Waals surface area contributed by atoms with Gasteiger partial charge in [0.05, 0.1) is 21.8 Å². The van der Waals surface area contributed by atoms with E-state index < -0.39 is 17.8 Å². The molecule has 5 nitrogen and oxygen atoms in total. The zero-order valence-corrected chi connectivity index (χ0v) is 14.1. The Hall–Kier alpha value is -1.77. The lowest BCUT2D eigenvalue weighted by Gasteiger charge is -2.15. The van der Waals surface area contributed by atoms with Crippen LogP contribution in [-0.4, -0.2) is 28.4 Å². The number of carbonyl (C=O) groups is 1. The second kappa shape index (κ2) is 6.86. The van der Waals surface area contributed by atoms with E-state index in [0.717, 1.165) is 18.6 Å². The predicted octanol–water partition coefficient (Wildman–Crippen LogP) is 4.32. The van der Waals surface area contributed by atoms with Crippen LogP contribution in [0.4, 0.5) is 19.0 Å². The van der Waals surface area contributed by atoms with Gasteiger partial charge in [0.25, 0.3) is 5.91 Å². The molecule has 0 aliphatic carbocycles. The number of alkyl halides is 3. The van der Waals surface area contributed by atoms with Gasteiger partial charge < -0.3 is 10.1 Å². The van der Waals surface area contributed by atoms with Crippen molar-refractivity contribution >= 4 is 34.9 Å². The first-order chi connectivity index (χ1) is 11.8. The molecule has 2 aromatic rings. The highest BCUT2D eigenvalue weighted by Gasteiger charge is 2.32. The Morgan fingerprint density at radius 1 is 1.32 bits per heavy atom. The van der Waals surface area contributed by atoms with Crippen molar-refractivity contribution in [3.05, 3.63) is 40.0 Å². The number of nitrogens with one attached hydrogen (secondary N) is 1. The van der Waals surface area contributed by atoms with Gasteiger partial charge in [-0.25, -0.2) is 4.68 Å². The van der Waals surface area contributed by atoms with E-state index in [1.807, 2.05) is 0 Å². The van der Waals surface area contributed by atoms with Gasteiger partial charge in [-0.1, -0.05) is 23.2 Å². The normalized spacial score (nSPS) is 17.7. The van der Waals surface area contributed by atoms with Crippen molar-refractivity contribution in [1.82, 2.24) is 9.78 Å². The number of hydrogen-bond donors (Lipinski definition) is 1. The molecule has 1 atom stereocenters. The summed E-state index contributed by atoms with van der Waals surface area (Å²) in [5, 5.41) is 6.14. The number of anilines is 1. The Balaban J connectivity index is 1.93. The van der Waals surface area contributed by atoms with E-state index in [9.17, 15) is 18.0 Å². The van der Waals surface area contributed by atoms with Crippen LogP contribution in [0.25, 0.3) is 5.69 Å². The van der Waals surface area contributed by atoms with Crippen molar-refractivity contribution in [1.29, 1.82) is 0 Å². The third-order valence-corrected chi connectivity index (χ3v) is 4.25. The molecule has 10 heteroatoms. The van der Waals surface area contributed by atoms with Crippen LogP contribution < -0.4 is 5.32 Å². The lowest BCUT2D eigenvalue weighted by atomic mass is 10.2. The Morgan fingerprint density at radius 2 is 2.00 bits per heavy atom. The fourth-order valence-corrected chi connectivity index (χ4v) is 3.15. The fraction of sp³-hybridized carbons (Fsp3) is 0.333. The quantitative estimate of drug-likeness (QED) is 0.844. The molecular formula is C15H12Cl2F3N3O2. The van der Waals surface area contributed by atoms with Crippen molar-refractivity contribution in [2.24, 2.45) is 0 Å². The summed E-state index contributed by atoms with van der Waals surface area (Å²) in [7, 11) is 0. The summed E-state index contributed by atoms with van der Waals surface area (Å²) >= 11 is 12.0. The van der Waals surface area contributed by atoms with Crippen molar-refractivity contribution in [3.8, 4) is 5.69 Å². The number of rotatable bonds is 3. The summed E-state index contributed by atoms with van der Waals surface area (Å²) in [6, 6.07) is 3.00. The van der Waals surface area contributed by atoms with Crippen LogP contribution in [0.2, 0.25) is 10.0 Å². The first-order valence-electron chi connectivity index (χ1n) is 7.30. The molecule has 1 N–H and O–H groups in total. The summed E-state index contributed by atoms with van der Waals surface area (Å²) in [5.41, 5.74) is -0.924. The van der Waals surface area contributed by atoms with Crippen LogP contribution in [0, 0.1) is 0 Å². The predicted molar refractivity (Wildman–Crippen MR) is 86.2 cm³/mol. The van der Waals surface area contributed by atoms with E-state index in [0.29, 0.717) is 13.0 Å². The minimum atomic E-state index is -4.58. The van der Waals surface area contributed by atoms with Gasteiger partial charge in [-0.15, -0.1) is 0 Å². The maximum atomic E-state index is 12.8. The largest absolute Gasteiger partial charge is 0.416 e. The van der Waals surface area contributed by atoms with Gasteiger partial charge in [0.1, 0.15) is 17.6 Å². The van der Waals surface area contributed by atoms with E-state index in [1.54, 1.807) is 0 Å². The van der Waals surface area contributed by atoms with E-state index in [2.05, 4.69) is 10.4 Å². The van der Waals surface area contributed by atoms with E-state index in [-0.39, 0.29) is 27.5 Å². The molecule has 1 aliphatic rings. The summed E-state index contributed by atoms with van der Waals surface area (Å²) in [5.74, 6) is -0.137. The molecule has 1 aliphatic heterocycles. The second-order valence-corrected chi connectivity index (χ2v) is 6.22. The molecule has 0 saturated carbocycles. The van der Waals surface area contributed by atoms with Crippen LogP contribution >= 0.6 is 23.2 Å². The molecule has 3 rings (SSSR count). The van der Waals surface area contributed by atoms with Crippen molar-refractivity contribution in [2.45, 2.75) is 25.1 Å². The molecule has 1 amide bonds. The monoisotopic (exact) mass is 393 g/mol. The standard InChI is InChI=1S/C15H12Cl2F3N3O2/c16-9-6-8(15(18,19)20)7-10(17)13(9)23-12(3-4-21-23)22-14(24)11-2-1-5-25-11/h3-4,6-7,11H,1-2,5H2,(H,22,24). The SMILES string of the molecule is O=C(Nc1ccnn1-c1c(Cl)cc(C(F)(F)F)cc1Cl)C1CCCO1. The van der Waals surface area contributed by atoms with Gasteiger partial charge in [-0.05, 0) is 25.0 Å². The molecule has 1 unspecified atom stereocenters. The van der Waals surface area contributed by atoms with Gasteiger partial charge in [0, 0.05) is 12.7 Å². The minimum Gasteiger partial charge on any atom is -0.368 e. The molecule has 0 radical (unpaired) electrons. The molecule has 2 heterocycles. The first-order valence-corrected chi connectivity index (χ1v) is 8.06. The molecule has 1 aromatic heterocycles. The number of halogens is 5. The number of benzene rings is 1. The highest BCUT2D eigenvalue weighted by Crippen LogP contribution is 2.38. The maximum Gasteiger partial charge on any atom is 0.416 e. The van der Waals surface area contributed by atoms with Gasteiger partial charge in [0.2, 0.25) is 0 Å². The van der Waals surface area contributed by atoms with Crippen molar-refractivity contribution in [2.75, 3.05) is 11.9 Å². The molecule has 1 fully saturated rings. The van der Waals surface area contributed by atoms with Crippen molar-refractivity contribution in [3.63, 3.8) is 0 Å². The summed E-state index contributed by atoms with van der Waals surface area (Å²) in [6.45, 7) is 0.508. The molecule has 0 spiro atoms. The summed E-state index contributed by atoms with van der Waals surface area (Å²) in [4.78, 5) is 12.2. The van der Waals surface area contributed by atoms with Crippen molar-refractivity contribution < 1.29 is 22.7 Å². The first kappa shape index (κ1) is 18.0. The van der Waals surface area contributed by atoms with Crippen LogP contribution in [0.3, 0.4) is 0 Å². The zero-order valence-electron chi connectivity index (χ0n) is 12.6. The van der Waals surface area contributed by atoms with E-state index in [1.165, 1.54) is 16.9 Å². The molecular weight excluding hydrogens is 382 g/mol. The highest BCUT2D eigenvalue weighted by atomic mass is 35.5. The van der Waals surface area contributed by atoms with Crippen LogP contribution in [0.5, 0.6) is 0 Å². The van der Waals surface area contributed by atoms with Crippen LogP contribution in [0.15, 0.2) is 24.4 Å². The summed E-state index contributed by atoms with van der Waals surface area (Å²) in [6.07, 6.45) is -2.39. The number of amides is 1. The average molecular weight is 394 g/mol. The Kier molecular flexibility index (Phi) is 4.95. The van der Waals surface area contributed by atoms with Crippen LogP contribution in [-0.2, 0) is 15.7 Å². The Labute approximate surface area is 150 Å². The average Bonchev–Trinajstić information content (AvgIpc) is 3.17. The smallest absolute Gasteiger partial charge is 0.368 e. The molecule has 134 valence electrons. The lowest BCUT2D eigenvalue weighted by molar-refractivity contribution is -0.137. The van der Waals surface area contributed by atoms with E-state index in [4.69, 9.17) is 27.9 Å². The molecule has 1 aromatic carbocycles. The van der Waals surface area contributed by atoms with Gasteiger partial charge in [-0.2, -0.15) is 18.3 Å². The van der Waals surface area contributed by atoms with Gasteiger partial charge >= 0.3 is 6.18 Å². The third-order valence-electron chi connectivity index (χ3n) is 3.67. The highest BCUT2D eigenvalue weighted by molar-refractivity contribution is 6.38. The Morgan fingerprint density at radius 3 is 2.56 bits per heavy atom. The number of ether oxygens (including phenoxy) is 1. The van der Waals surface area contributed by atoms with E-state index >= 15 is 0 Å².